The highest BCUT2D eigenvalue weighted by atomic mass is 35.5. The van der Waals surface area contributed by atoms with Crippen LogP contribution in [0.4, 0.5) is 11.4 Å². The Hall–Kier alpha value is -1.52. The lowest BCUT2D eigenvalue weighted by Crippen LogP contribution is -2.25. The quantitative estimate of drug-likeness (QED) is 0.767. The zero-order valence-corrected chi connectivity index (χ0v) is 13.5. The molecule has 0 saturated heterocycles. The Kier molecular flexibility index (Phi) is 5.65. The zero-order valence-electron chi connectivity index (χ0n) is 12.7. The Balaban J connectivity index is 2.06. The average Bonchev–Trinajstić information content (AvgIpc) is 2.49. The second-order valence-electron chi connectivity index (χ2n) is 5.06. The van der Waals surface area contributed by atoms with Gasteiger partial charge in [0.2, 0.25) is 0 Å². The Bertz CT molecular complexity index is 596. The minimum Gasteiger partial charge on any atom is -0.396 e. The zero-order chi connectivity index (χ0) is 15.2. The van der Waals surface area contributed by atoms with Crippen LogP contribution in [0.3, 0.4) is 0 Å². The molecule has 0 radical (unpaired) electrons. The number of benzene rings is 1. The topological polar surface area (TPSA) is 54.2 Å². The number of nitrogens with one attached hydrogen (secondary N) is 1. The summed E-state index contributed by atoms with van der Waals surface area (Å²) in [6.45, 7) is 8.55. The highest BCUT2D eigenvalue weighted by molar-refractivity contribution is 6.31. The molecule has 2 rings (SSSR count). The van der Waals surface area contributed by atoms with Crippen molar-refractivity contribution in [3.05, 3.63) is 29.4 Å². The fourth-order valence-corrected chi connectivity index (χ4v) is 2.60. The summed E-state index contributed by atoms with van der Waals surface area (Å²) in [4.78, 5) is 6.74. The van der Waals surface area contributed by atoms with E-state index in [1.165, 1.54) is 0 Å². The number of fused-ring (bicyclic) bond motifs is 1. The second kappa shape index (κ2) is 7.48. The third kappa shape index (κ3) is 3.99. The summed E-state index contributed by atoms with van der Waals surface area (Å²) in [5.74, 6) is 0. The Morgan fingerprint density at radius 2 is 2.05 bits per heavy atom. The van der Waals surface area contributed by atoms with E-state index < -0.39 is 0 Å². The number of hydrogen-bond donors (Lipinski definition) is 2. The van der Waals surface area contributed by atoms with Crippen molar-refractivity contribution in [2.75, 3.05) is 37.2 Å². The third-order valence-electron chi connectivity index (χ3n) is 3.71. The number of nitrogens with two attached hydrogens (primary N) is 1. The monoisotopic (exact) mass is 306 g/mol. The van der Waals surface area contributed by atoms with Crippen LogP contribution in [0.1, 0.15) is 20.3 Å². The molecule has 4 nitrogen and oxygen atoms in total. The SMILES string of the molecule is CCN(CC)CCCNc1c(N)cnc2cc(Cl)ccc12. The van der Waals surface area contributed by atoms with Crippen LogP contribution in [0.15, 0.2) is 24.4 Å². The van der Waals surface area contributed by atoms with Gasteiger partial charge in [-0.2, -0.15) is 0 Å². The molecule has 0 aliphatic carbocycles. The molecule has 0 amide bonds. The number of nitrogen functional groups attached to an aromatic ring is 1. The standard InChI is InChI=1S/C16H23ClN4/c1-3-21(4-2)9-5-8-19-16-13-7-6-12(17)10-15(13)20-11-14(16)18/h6-7,10-11H,3-5,8-9,18H2,1-2H3,(H,19,20). The van der Waals surface area contributed by atoms with Crippen LogP contribution < -0.4 is 11.1 Å². The van der Waals surface area contributed by atoms with E-state index in [2.05, 4.69) is 29.0 Å². The van der Waals surface area contributed by atoms with Gasteiger partial charge >= 0.3 is 0 Å². The molecule has 2 aromatic rings. The van der Waals surface area contributed by atoms with Gasteiger partial charge in [-0.25, -0.2) is 0 Å². The van der Waals surface area contributed by atoms with Gasteiger partial charge < -0.3 is 16.0 Å². The molecule has 0 aliphatic heterocycles. The lowest BCUT2D eigenvalue weighted by atomic mass is 10.1. The minimum atomic E-state index is 0.674. The first-order chi connectivity index (χ1) is 10.2. The highest BCUT2D eigenvalue weighted by Gasteiger charge is 2.07. The number of hydrogen-bond acceptors (Lipinski definition) is 4. The Labute approximate surface area is 131 Å². The summed E-state index contributed by atoms with van der Waals surface area (Å²) in [5.41, 5.74) is 8.54. The van der Waals surface area contributed by atoms with Crippen LogP contribution in [0.25, 0.3) is 10.9 Å². The predicted molar refractivity (Wildman–Crippen MR) is 92.1 cm³/mol. The molecule has 0 atom stereocenters. The molecule has 1 aromatic heterocycles. The van der Waals surface area contributed by atoms with E-state index in [1.54, 1.807) is 6.20 Å². The van der Waals surface area contributed by atoms with E-state index in [9.17, 15) is 0 Å². The molecule has 0 fully saturated rings. The molecule has 0 aliphatic rings. The van der Waals surface area contributed by atoms with Crippen molar-refractivity contribution >= 4 is 33.9 Å². The molecule has 1 heterocycles. The molecule has 0 saturated carbocycles. The smallest absolute Gasteiger partial charge is 0.0743 e. The van der Waals surface area contributed by atoms with Crippen molar-refractivity contribution < 1.29 is 0 Å². The van der Waals surface area contributed by atoms with Gasteiger partial charge in [-0.05, 0) is 44.3 Å². The number of halogens is 1. The fraction of sp³-hybridized carbons (Fsp3) is 0.438. The summed E-state index contributed by atoms with van der Waals surface area (Å²) in [6.07, 6.45) is 2.77. The van der Waals surface area contributed by atoms with Crippen LogP contribution in [0, 0.1) is 0 Å². The van der Waals surface area contributed by atoms with Crippen LogP contribution in [0.2, 0.25) is 5.02 Å². The molecule has 1 aromatic carbocycles. The van der Waals surface area contributed by atoms with Crippen LogP contribution in [-0.2, 0) is 0 Å². The van der Waals surface area contributed by atoms with Crippen molar-refractivity contribution in [1.29, 1.82) is 0 Å². The van der Waals surface area contributed by atoms with E-state index >= 15 is 0 Å². The second-order valence-corrected chi connectivity index (χ2v) is 5.49. The third-order valence-corrected chi connectivity index (χ3v) is 3.94. The summed E-state index contributed by atoms with van der Waals surface area (Å²) in [5, 5.41) is 5.15. The summed E-state index contributed by atoms with van der Waals surface area (Å²) >= 11 is 6.01. The van der Waals surface area contributed by atoms with E-state index in [4.69, 9.17) is 17.3 Å². The van der Waals surface area contributed by atoms with Gasteiger partial charge in [0, 0.05) is 17.0 Å². The lowest BCUT2D eigenvalue weighted by Gasteiger charge is -2.18. The Morgan fingerprint density at radius 1 is 1.29 bits per heavy atom. The van der Waals surface area contributed by atoms with Gasteiger partial charge in [0.05, 0.1) is 23.1 Å². The molecule has 114 valence electrons. The van der Waals surface area contributed by atoms with E-state index in [0.717, 1.165) is 49.2 Å². The molecule has 0 bridgehead atoms. The first kappa shape index (κ1) is 15.9. The molecule has 0 spiro atoms. The number of pyridine rings is 1. The first-order valence-corrected chi connectivity index (χ1v) is 7.83. The normalized spacial score (nSPS) is 11.2. The summed E-state index contributed by atoms with van der Waals surface area (Å²) in [6, 6.07) is 5.69. The molecule has 21 heavy (non-hydrogen) atoms. The van der Waals surface area contributed by atoms with Crippen molar-refractivity contribution in [2.24, 2.45) is 0 Å². The van der Waals surface area contributed by atoms with Gasteiger partial charge in [0.25, 0.3) is 0 Å². The molecule has 0 unspecified atom stereocenters. The van der Waals surface area contributed by atoms with Crippen molar-refractivity contribution in [3.8, 4) is 0 Å². The summed E-state index contributed by atoms with van der Waals surface area (Å²) < 4.78 is 0. The van der Waals surface area contributed by atoms with Crippen molar-refractivity contribution in [3.63, 3.8) is 0 Å². The van der Waals surface area contributed by atoms with Crippen LogP contribution >= 0.6 is 11.6 Å². The Morgan fingerprint density at radius 3 is 2.76 bits per heavy atom. The van der Waals surface area contributed by atoms with Gasteiger partial charge in [-0.3, -0.25) is 4.98 Å². The highest BCUT2D eigenvalue weighted by Crippen LogP contribution is 2.29. The van der Waals surface area contributed by atoms with E-state index in [1.807, 2.05) is 18.2 Å². The van der Waals surface area contributed by atoms with Crippen LogP contribution in [0.5, 0.6) is 0 Å². The van der Waals surface area contributed by atoms with E-state index in [0.29, 0.717) is 10.7 Å². The minimum absolute atomic E-state index is 0.674. The summed E-state index contributed by atoms with van der Waals surface area (Å²) in [7, 11) is 0. The van der Waals surface area contributed by atoms with Crippen molar-refractivity contribution in [1.82, 2.24) is 9.88 Å². The van der Waals surface area contributed by atoms with E-state index in [-0.39, 0.29) is 0 Å². The lowest BCUT2D eigenvalue weighted by molar-refractivity contribution is 0.303. The molecule has 3 N–H and O–H groups in total. The molecular formula is C16H23ClN4. The largest absolute Gasteiger partial charge is 0.396 e. The number of anilines is 2. The maximum absolute atomic E-state index is 6.05. The number of rotatable bonds is 7. The van der Waals surface area contributed by atoms with Crippen LogP contribution in [-0.4, -0.2) is 36.1 Å². The van der Waals surface area contributed by atoms with Gasteiger partial charge in [0.15, 0.2) is 0 Å². The maximum Gasteiger partial charge on any atom is 0.0743 e. The maximum atomic E-state index is 6.05. The van der Waals surface area contributed by atoms with Crippen molar-refractivity contribution in [2.45, 2.75) is 20.3 Å². The molecular weight excluding hydrogens is 284 g/mol. The predicted octanol–water partition coefficient (Wildman–Crippen LogP) is 3.61. The number of aromatic nitrogens is 1. The average molecular weight is 307 g/mol. The van der Waals surface area contributed by atoms with Gasteiger partial charge in [-0.15, -0.1) is 0 Å². The van der Waals surface area contributed by atoms with Gasteiger partial charge in [-0.1, -0.05) is 25.4 Å². The molecule has 5 heteroatoms. The first-order valence-electron chi connectivity index (χ1n) is 7.45. The fourth-order valence-electron chi connectivity index (χ4n) is 2.44. The van der Waals surface area contributed by atoms with Gasteiger partial charge in [0.1, 0.15) is 0 Å². The number of nitrogens with zero attached hydrogens (tertiary/aromatic N) is 2.